The molecular weight excluding hydrogens is 1420 g/mol. The van der Waals surface area contributed by atoms with Crippen LogP contribution in [0.15, 0.2) is 19.0 Å². The average Bonchev–Trinajstić information content (AvgIpc) is 1.60. The van der Waals surface area contributed by atoms with Crippen molar-refractivity contribution in [3.8, 4) is 0 Å². The standard InChI is InChI=1S/C19H27ClN6O3.C18H26ClN6O7P.C18H24ClN5O4.C5H11O4P/c1-19(2)28-13-11(8-21-3)27-17(14(13)29-19)26-9-22-12-15(23-10-6-4-5-7-10)24-18(20)25-16(12)26;1-24(11(26)7-33(29,30)31)6-10-13(27)14(28)17(32-10)25-8-20-12-15(21-9-4-2-3-5-9)22-18(19)23-16(12)25;1-18(2)27-12-10(7-25)26-16(13(12)28-18)24-8-20-11-14(21-9-5-3-4-6-9)22-17(19)23-15(11)24;1-3-9-10(2,8)4-5(6)7/h9-11,13-14,17,21H,4-8H2,1-3H3,(H,23,24,25);8-10,13-14,17,27-28H,2-7H2,1H3,(H,21,22,23)(H2,29,30,31);8-10,12-13,16,25H,3-7H2,1-2H3,(H,21,22,23);3-4H2,1-2H3,(H,6,7)/t11-,13-,14-,17-;10-,13-,14-,17-;10-,12-,13-,16-;/m111./s1. The largest absolute Gasteiger partial charge is 0.481 e. The maximum absolute atomic E-state index is 12.0. The summed E-state index contributed by atoms with van der Waals surface area (Å²) in [5, 5.41) is 52.8. The Morgan fingerprint density at radius 3 is 1.37 bits per heavy atom. The highest BCUT2D eigenvalue weighted by Gasteiger charge is 2.58. The topological polar surface area (TPSA) is 446 Å². The lowest BCUT2D eigenvalue weighted by Crippen LogP contribution is -2.41. The third kappa shape index (κ3) is 17.8. The van der Waals surface area contributed by atoms with Crippen LogP contribution in [0.4, 0.5) is 17.5 Å². The van der Waals surface area contributed by atoms with Crippen molar-refractivity contribution in [3.63, 3.8) is 0 Å². The Morgan fingerprint density at radius 2 is 0.990 bits per heavy atom. The first-order valence-corrected chi connectivity index (χ1v) is 38.6. The van der Waals surface area contributed by atoms with Crippen molar-refractivity contribution in [2.24, 2.45) is 0 Å². The maximum atomic E-state index is 12.0. The molecule has 40 heteroatoms. The van der Waals surface area contributed by atoms with Gasteiger partial charge in [-0.1, -0.05) is 38.5 Å². The first-order valence-electron chi connectivity index (χ1n) is 33.4. The van der Waals surface area contributed by atoms with E-state index in [2.05, 4.69) is 66.1 Å². The van der Waals surface area contributed by atoms with Crippen LogP contribution in [0, 0.1) is 0 Å². The van der Waals surface area contributed by atoms with Crippen molar-refractivity contribution >= 4 is 113 Å². The fraction of sp³-hybridized carbons (Fsp3) is 0.717. The summed E-state index contributed by atoms with van der Waals surface area (Å²) in [6, 6.07) is 1.02. The van der Waals surface area contributed by atoms with Crippen LogP contribution in [-0.4, -0.2) is 250 Å². The highest BCUT2D eigenvalue weighted by atomic mass is 35.5. The van der Waals surface area contributed by atoms with Crippen molar-refractivity contribution in [1.82, 2.24) is 68.8 Å². The molecule has 35 nitrogen and oxygen atoms in total. The summed E-state index contributed by atoms with van der Waals surface area (Å²) in [4.78, 5) is 80.6. The minimum Gasteiger partial charge on any atom is -0.481 e. The van der Waals surface area contributed by atoms with E-state index in [0.717, 1.165) is 56.3 Å². The number of nitrogens with zero attached hydrogens (tertiary/aromatic N) is 13. The van der Waals surface area contributed by atoms with Crippen LogP contribution in [0.1, 0.15) is 130 Å². The number of hydrogen-bond donors (Lipinski definition) is 10. The second kappa shape index (κ2) is 31.6. The number of carbonyl (C=O) groups excluding carboxylic acids is 1. The van der Waals surface area contributed by atoms with Gasteiger partial charge in [-0.15, -0.1) is 0 Å². The number of hydrogen-bond acceptors (Lipinski definition) is 28. The molecule has 0 bridgehead atoms. The van der Waals surface area contributed by atoms with Crippen molar-refractivity contribution in [3.05, 3.63) is 34.8 Å². The molecule has 6 aromatic heterocycles. The van der Waals surface area contributed by atoms with Crippen LogP contribution < -0.4 is 21.3 Å². The Labute approximate surface area is 590 Å². The SMILES string of the molecule is CC1(C)O[C@@H]2[C@H](O1)[C@@H](CO)O[C@H]2n1cnc2c(NC3CCCC3)nc(Cl)nc21.CCOP(C)(=O)CC(=O)O.CN(C[C@H]1O[C@@H](n2cnc3c(NC4CCCC4)nc(Cl)nc32)[C@H](O)[C@@H]1O)C(=O)CP(=O)(O)O.CNC[C@H]1O[C@@H](n2cnc3c(NC4CCCC4)nc(Cl)nc32)[C@@H]2OC(C)(C)O[C@@H]21. The van der Waals surface area contributed by atoms with Gasteiger partial charge in [0.15, 0.2) is 81.2 Å². The Balaban J connectivity index is 0.000000142. The molecule has 1 unspecified atom stereocenters. The number of aliphatic hydroxyl groups excluding tert-OH is 3. The normalized spacial score (nSPS) is 28.5. The summed E-state index contributed by atoms with van der Waals surface area (Å²) in [5.74, 6) is -1.52. The Bertz CT molecular complexity index is 3950. The first kappa shape index (κ1) is 75.9. The molecule has 1 amide bonds. The van der Waals surface area contributed by atoms with E-state index < -0.39 is 87.7 Å². The number of anilines is 3. The molecule has 8 fully saturated rings. The van der Waals surface area contributed by atoms with Gasteiger partial charge in [0.1, 0.15) is 67.3 Å². The number of aliphatic carboxylic acids is 1. The van der Waals surface area contributed by atoms with Gasteiger partial charge in [-0.3, -0.25) is 32.4 Å². The van der Waals surface area contributed by atoms with E-state index in [1.807, 2.05) is 39.3 Å². The fourth-order valence-electron chi connectivity index (χ4n) is 13.9. The summed E-state index contributed by atoms with van der Waals surface area (Å²) in [6.07, 6.45) is 9.49. The Morgan fingerprint density at radius 1 is 0.610 bits per heavy atom. The zero-order chi connectivity index (χ0) is 71.8. The molecular formula is C60H88Cl3N17O18P2. The smallest absolute Gasteiger partial charge is 0.334 e. The van der Waals surface area contributed by atoms with Crippen LogP contribution >= 0.6 is 49.8 Å². The number of imidazole rings is 3. The summed E-state index contributed by atoms with van der Waals surface area (Å²) >= 11 is 18.6. The third-order valence-corrected chi connectivity index (χ3v) is 21.2. The van der Waals surface area contributed by atoms with Gasteiger partial charge < -0.3 is 94.1 Å². The molecule has 11 heterocycles. The van der Waals surface area contributed by atoms with Crippen molar-refractivity contribution in [2.45, 2.75) is 215 Å². The van der Waals surface area contributed by atoms with Crippen LogP contribution in [0.25, 0.3) is 33.5 Å². The molecule has 0 spiro atoms. The van der Waals surface area contributed by atoms with Crippen molar-refractivity contribution in [1.29, 1.82) is 0 Å². The van der Waals surface area contributed by atoms with E-state index in [9.17, 15) is 34.0 Å². The lowest BCUT2D eigenvalue weighted by Gasteiger charge is -2.24. The number of rotatable bonds is 20. The number of ether oxygens (including phenoxy) is 7. The van der Waals surface area contributed by atoms with Crippen LogP contribution in [0.2, 0.25) is 15.9 Å². The summed E-state index contributed by atoms with van der Waals surface area (Å²) in [6.45, 7) is 11.2. The van der Waals surface area contributed by atoms with E-state index in [4.69, 9.17) is 87.4 Å². The second-order valence-corrected chi connectivity index (χ2v) is 32.3. The molecule has 10 N–H and O–H groups in total. The van der Waals surface area contributed by atoms with Crippen LogP contribution in [0.3, 0.4) is 0 Å². The second-order valence-electron chi connectivity index (χ2n) is 27.0. The summed E-state index contributed by atoms with van der Waals surface area (Å²) < 4.78 is 74.4. The lowest BCUT2D eigenvalue weighted by molar-refractivity contribution is -0.199. The van der Waals surface area contributed by atoms with Gasteiger partial charge in [0.05, 0.1) is 32.2 Å². The van der Waals surface area contributed by atoms with E-state index in [0.29, 0.717) is 76.2 Å². The molecule has 0 radical (unpaired) electrons. The van der Waals surface area contributed by atoms with Crippen molar-refractivity contribution < 1.29 is 86.6 Å². The van der Waals surface area contributed by atoms with Crippen molar-refractivity contribution in [2.75, 3.05) is 75.3 Å². The van der Waals surface area contributed by atoms with E-state index >= 15 is 0 Å². The number of likely N-dealkylation sites (N-methyl/N-ethyl adjacent to an activating group) is 2. The maximum Gasteiger partial charge on any atom is 0.334 e. The van der Waals surface area contributed by atoms with Gasteiger partial charge in [0.2, 0.25) is 29.1 Å². The summed E-state index contributed by atoms with van der Waals surface area (Å²) in [7, 11) is -4.16. The van der Waals surface area contributed by atoms with Gasteiger partial charge in [-0.2, -0.15) is 29.9 Å². The highest BCUT2D eigenvalue weighted by molar-refractivity contribution is 7.59. The zero-order valence-electron chi connectivity index (χ0n) is 56.5. The van der Waals surface area contributed by atoms with Gasteiger partial charge in [0.25, 0.3) is 0 Å². The van der Waals surface area contributed by atoms with E-state index in [1.54, 1.807) is 24.1 Å². The number of amides is 1. The number of aromatic nitrogens is 12. The molecule has 14 rings (SSSR count). The van der Waals surface area contributed by atoms with E-state index in [-0.39, 0.29) is 71.7 Å². The Hall–Kier alpha value is -5.24. The number of nitrogens with one attached hydrogen (secondary N) is 4. The molecule has 13 atom stereocenters. The molecule has 5 saturated heterocycles. The highest BCUT2D eigenvalue weighted by Crippen LogP contribution is 2.47. The van der Waals surface area contributed by atoms with E-state index in [1.165, 1.54) is 50.3 Å². The third-order valence-electron chi connectivity index (χ3n) is 18.3. The van der Waals surface area contributed by atoms with Gasteiger partial charge in [0, 0.05) is 44.9 Å². The predicted molar refractivity (Wildman–Crippen MR) is 363 cm³/mol. The molecule has 3 aliphatic carbocycles. The quantitative estimate of drug-likeness (QED) is 0.0318. The number of carboxylic acids is 1. The molecule has 8 aliphatic rings. The van der Waals surface area contributed by atoms with Gasteiger partial charge in [-0.25, -0.2) is 15.0 Å². The molecule has 0 aromatic carbocycles. The van der Waals surface area contributed by atoms with Crippen LogP contribution in [-0.2, 0) is 56.4 Å². The minimum atomic E-state index is -4.54. The molecule has 100 heavy (non-hydrogen) atoms. The minimum absolute atomic E-state index is 0.0166. The molecule has 3 saturated carbocycles. The molecule has 5 aliphatic heterocycles. The number of halogens is 3. The fourth-order valence-corrected chi connectivity index (χ4v) is 16.2. The zero-order valence-corrected chi connectivity index (χ0v) is 60.6. The summed E-state index contributed by atoms with van der Waals surface area (Å²) in [5.41, 5.74) is 3.27. The monoisotopic (exact) mass is 1500 g/mol. The van der Waals surface area contributed by atoms with Gasteiger partial charge >= 0.3 is 13.6 Å². The molecule has 6 aromatic rings. The average molecular weight is 1500 g/mol. The molecule has 552 valence electrons. The number of aliphatic hydroxyl groups is 3. The van der Waals surface area contributed by atoms with Gasteiger partial charge in [-0.05, 0) is 115 Å². The number of fused-ring (bicyclic) bond motifs is 5. The Kier molecular flexibility index (Phi) is 24.0. The predicted octanol–water partition coefficient (Wildman–Crippen LogP) is 5.82. The first-order chi connectivity index (χ1) is 47.4. The lowest BCUT2D eigenvalue weighted by atomic mass is 10.1. The number of carboxylic acid groups (broad SMARTS) is 1. The number of carbonyl (C=O) groups is 2. The van der Waals surface area contributed by atoms with Crippen LogP contribution in [0.5, 0.6) is 0 Å².